The summed E-state index contributed by atoms with van der Waals surface area (Å²) in [5.74, 6) is 1.76. The maximum atomic E-state index is 4.62. The number of nitrogens with zero attached hydrogens (tertiary/aromatic N) is 2. The number of nitrogens with one attached hydrogen (secondary N) is 1. The highest BCUT2D eigenvalue weighted by Crippen LogP contribution is 2.28. The van der Waals surface area contributed by atoms with E-state index in [4.69, 9.17) is 0 Å². The second-order valence-corrected chi connectivity index (χ2v) is 6.19. The van der Waals surface area contributed by atoms with Crippen molar-refractivity contribution in [1.82, 2.24) is 9.97 Å². The molecular formula is C13H16IN3S. The topological polar surface area (TPSA) is 37.8 Å². The Morgan fingerprint density at radius 1 is 1.28 bits per heavy atom. The number of thiophene rings is 1. The van der Waals surface area contributed by atoms with E-state index in [0.29, 0.717) is 0 Å². The molecule has 96 valence electrons. The fraction of sp³-hybridized carbons (Fsp3) is 0.385. The Morgan fingerprint density at radius 2 is 2.06 bits per heavy atom. The monoisotopic (exact) mass is 373 g/mol. The van der Waals surface area contributed by atoms with Crippen molar-refractivity contribution in [2.75, 3.05) is 11.9 Å². The summed E-state index contributed by atoms with van der Waals surface area (Å²) < 4.78 is 1.10. The zero-order chi connectivity index (χ0) is 13.1. The third-order valence-electron chi connectivity index (χ3n) is 2.59. The maximum absolute atomic E-state index is 4.62. The van der Waals surface area contributed by atoms with Crippen molar-refractivity contribution in [1.29, 1.82) is 0 Å². The Kier molecular flexibility index (Phi) is 4.55. The minimum absolute atomic E-state index is 0.827. The number of hydrogen-bond acceptors (Lipinski definition) is 4. The zero-order valence-corrected chi connectivity index (χ0v) is 13.7. The molecule has 0 amide bonds. The van der Waals surface area contributed by atoms with E-state index in [2.05, 4.69) is 63.9 Å². The molecule has 2 heterocycles. The van der Waals surface area contributed by atoms with Crippen molar-refractivity contribution < 1.29 is 0 Å². The van der Waals surface area contributed by atoms with Gasteiger partial charge in [-0.15, -0.1) is 11.3 Å². The Labute approximate surface area is 125 Å². The van der Waals surface area contributed by atoms with E-state index < -0.39 is 0 Å². The van der Waals surface area contributed by atoms with Crippen molar-refractivity contribution >= 4 is 39.7 Å². The standard InChI is InChI=1S/C13H16IN3S/c1-4-9-6-7-10(18-9)12-16-8(3)11(14)13(17-12)15-5-2/h6-7H,4-5H2,1-3H3,(H,15,16,17). The number of hydrogen-bond donors (Lipinski definition) is 1. The predicted octanol–water partition coefficient (Wildman–Crippen LogP) is 4.11. The van der Waals surface area contributed by atoms with Gasteiger partial charge in [-0.05, 0) is 55.0 Å². The highest BCUT2D eigenvalue weighted by atomic mass is 127. The molecule has 0 spiro atoms. The summed E-state index contributed by atoms with van der Waals surface area (Å²) in [6.45, 7) is 7.14. The van der Waals surface area contributed by atoms with Gasteiger partial charge in [0.1, 0.15) is 5.82 Å². The lowest BCUT2D eigenvalue weighted by atomic mass is 10.3. The molecule has 2 rings (SSSR count). The van der Waals surface area contributed by atoms with Crippen molar-refractivity contribution in [2.45, 2.75) is 27.2 Å². The van der Waals surface area contributed by atoms with Crippen LogP contribution in [0.2, 0.25) is 0 Å². The molecular weight excluding hydrogens is 357 g/mol. The normalized spacial score (nSPS) is 10.7. The Morgan fingerprint density at radius 3 is 2.67 bits per heavy atom. The fourth-order valence-corrected chi connectivity index (χ4v) is 2.96. The quantitative estimate of drug-likeness (QED) is 0.820. The molecule has 0 unspecified atom stereocenters. The molecule has 0 saturated carbocycles. The number of halogens is 1. The Hall–Kier alpha value is -0.690. The van der Waals surface area contributed by atoms with E-state index in [1.807, 2.05) is 6.92 Å². The molecule has 3 nitrogen and oxygen atoms in total. The molecule has 0 aromatic carbocycles. The van der Waals surface area contributed by atoms with Gasteiger partial charge in [0.15, 0.2) is 5.82 Å². The first-order chi connectivity index (χ1) is 8.65. The highest BCUT2D eigenvalue weighted by molar-refractivity contribution is 14.1. The van der Waals surface area contributed by atoms with Crippen LogP contribution in [0.1, 0.15) is 24.4 Å². The highest BCUT2D eigenvalue weighted by Gasteiger charge is 2.11. The average molecular weight is 373 g/mol. The van der Waals surface area contributed by atoms with Crippen LogP contribution >= 0.6 is 33.9 Å². The van der Waals surface area contributed by atoms with Gasteiger partial charge < -0.3 is 5.32 Å². The third-order valence-corrected chi connectivity index (χ3v) is 5.11. The molecule has 0 aliphatic rings. The molecule has 0 aliphatic heterocycles. The van der Waals surface area contributed by atoms with Crippen LogP contribution in [0.5, 0.6) is 0 Å². The number of rotatable bonds is 4. The fourth-order valence-electron chi connectivity index (χ4n) is 1.64. The average Bonchev–Trinajstić information content (AvgIpc) is 2.83. The summed E-state index contributed by atoms with van der Waals surface area (Å²) in [4.78, 5) is 11.7. The molecule has 2 aromatic rings. The van der Waals surface area contributed by atoms with E-state index in [1.54, 1.807) is 11.3 Å². The smallest absolute Gasteiger partial charge is 0.171 e. The van der Waals surface area contributed by atoms with Crippen LogP contribution in [0.4, 0.5) is 5.82 Å². The number of aryl methyl sites for hydroxylation is 2. The van der Waals surface area contributed by atoms with Crippen molar-refractivity contribution in [2.24, 2.45) is 0 Å². The van der Waals surface area contributed by atoms with Crippen LogP contribution in [0.15, 0.2) is 12.1 Å². The SMILES string of the molecule is CCNc1nc(-c2ccc(CC)s2)nc(C)c1I. The number of anilines is 1. The second-order valence-electron chi connectivity index (χ2n) is 3.95. The van der Waals surface area contributed by atoms with E-state index in [9.17, 15) is 0 Å². The molecule has 0 radical (unpaired) electrons. The lowest BCUT2D eigenvalue weighted by Crippen LogP contribution is -2.05. The summed E-state index contributed by atoms with van der Waals surface area (Å²) in [7, 11) is 0. The van der Waals surface area contributed by atoms with Crippen LogP contribution < -0.4 is 5.32 Å². The largest absolute Gasteiger partial charge is 0.369 e. The van der Waals surface area contributed by atoms with Gasteiger partial charge in [-0.3, -0.25) is 0 Å². The molecule has 1 N–H and O–H groups in total. The van der Waals surface area contributed by atoms with Gasteiger partial charge in [-0.1, -0.05) is 6.92 Å². The molecule has 18 heavy (non-hydrogen) atoms. The van der Waals surface area contributed by atoms with Gasteiger partial charge in [0.25, 0.3) is 0 Å². The van der Waals surface area contributed by atoms with Crippen LogP contribution in [0.3, 0.4) is 0 Å². The summed E-state index contributed by atoms with van der Waals surface area (Å²) in [5, 5.41) is 3.29. The minimum atomic E-state index is 0.827. The van der Waals surface area contributed by atoms with Gasteiger partial charge in [0.05, 0.1) is 14.1 Å². The van der Waals surface area contributed by atoms with Crippen LogP contribution in [-0.4, -0.2) is 16.5 Å². The molecule has 0 bridgehead atoms. The van der Waals surface area contributed by atoms with E-state index in [-0.39, 0.29) is 0 Å². The lowest BCUT2D eigenvalue weighted by Gasteiger charge is -2.09. The summed E-state index contributed by atoms with van der Waals surface area (Å²) in [6, 6.07) is 4.27. The first-order valence-corrected chi connectivity index (χ1v) is 7.92. The van der Waals surface area contributed by atoms with Crippen LogP contribution in [0.25, 0.3) is 10.7 Å². The molecule has 0 aliphatic carbocycles. The van der Waals surface area contributed by atoms with Crippen LogP contribution in [-0.2, 0) is 6.42 Å². The molecule has 0 fully saturated rings. The Balaban J connectivity index is 2.44. The summed E-state index contributed by atoms with van der Waals surface area (Å²) in [5.41, 5.74) is 1.03. The summed E-state index contributed by atoms with van der Waals surface area (Å²) in [6.07, 6.45) is 1.06. The summed E-state index contributed by atoms with van der Waals surface area (Å²) >= 11 is 4.06. The van der Waals surface area contributed by atoms with E-state index >= 15 is 0 Å². The first-order valence-electron chi connectivity index (χ1n) is 6.02. The van der Waals surface area contributed by atoms with Gasteiger partial charge >= 0.3 is 0 Å². The third kappa shape index (κ3) is 2.83. The predicted molar refractivity (Wildman–Crippen MR) is 86.3 cm³/mol. The van der Waals surface area contributed by atoms with Crippen molar-refractivity contribution in [3.05, 3.63) is 26.3 Å². The maximum Gasteiger partial charge on any atom is 0.171 e. The zero-order valence-electron chi connectivity index (χ0n) is 10.7. The van der Waals surface area contributed by atoms with Gasteiger partial charge in [-0.2, -0.15) is 0 Å². The van der Waals surface area contributed by atoms with Gasteiger partial charge in [0, 0.05) is 11.4 Å². The van der Waals surface area contributed by atoms with Gasteiger partial charge in [0.2, 0.25) is 0 Å². The van der Waals surface area contributed by atoms with E-state index in [1.165, 1.54) is 4.88 Å². The molecule has 2 aromatic heterocycles. The van der Waals surface area contributed by atoms with Crippen molar-refractivity contribution in [3.63, 3.8) is 0 Å². The minimum Gasteiger partial charge on any atom is -0.369 e. The van der Waals surface area contributed by atoms with Crippen LogP contribution in [0, 0.1) is 10.5 Å². The Bertz CT molecular complexity index is 551. The van der Waals surface area contributed by atoms with Gasteiger partial charge in [-0.25, -0.2) is 9.97 Å². The number of aromatic nitrogens is 2. The molecule has 0 saturated heterocycles. The molecule has 5 heteroatoms. The second kappa shape index (κ2) is 5.97. The molecule has 0 atom stereocenters. The van der Waals surface area contributed by atoms with E-state index in [0.717, 1.165) is 38.7 Å². The van der Waals surface area contributed by atoms with Crippen molar-refractivity contribution in [3.8, 4) is 10.7 Å². The first kappa shape index (κ1) is 13.7. The lowest BCUT2D eigenvalue weighted by molar-refractivity contribution is 1.07.